The van der Waals surface area contributed by atoms with Crippen LogP contribution in [0.1, 0.15) is 11.1 Å². The lowest BCUT2D eigenvalue weighted by atomic mass is 10.1. The number of nitrogens with one attached hydrogen (secondary N) is 2. The third-order valence-corrected chi connectivity index (χ3v) is 4.47. The van der Waals surface area contributed by atoms with Crippen LogP contribution in [0.5, 0.6) is 17.2 Å². The Morgan fingerprint density at radius 1 is 0.929 bits per heavy atom. The zero-order valence-corrected chi connectivity index (χ0v) is 19.6. The number of nitrogens with zero attached hydrogens (tertiary/aromatic N) is 1. The van der Waals surface area contributed by atoms with Crippen molar-refractivity contribution < 1.29 is 14.2 Å². The Hall–Kier alpha value is -1.87. The summed E-state index contributed by atoms with van der Waals surface area (Å²) in [6.07, 6.45) is 0.806. The number of hydrogen-bond acceptors (Lipinski definition) is 4. The summed E-state index contributed by atoms with van der Waals surface area (Å²) in [4.78, 5) is 4.25. The SMILES string of the molecule is CN=C(NCCc1ccccc1Cl)NCc1cc(OC)c(OC)cc1OC.I. The maximum absolute atomic E-state index is 6.19. The van der Waals surface area contributed by atoms with Gasteiger partial charge in [0, 0.05) is 36.8 Å². The Labute approximate surface area is 188 Å². The first kappa shape index (κ1) is 24.2. The minimum absolute atomic E-state index is 0. The molecule has 2 aromatic rings. The average Bonchev–Trinajstić information content (AvgIpc) is 2.71. The minimum atomic E-state index is 0. The van der Waals surface area contributed by atoms with E-state index >= 15 is 0 Å². The maximum atomic E-state index is 6.19. The molecule has 2 aromatic carbocycles. The smallest absolute Gasteiger partial charge is 0.191 e. The Bertz CT molecular complexity index is 787. The van der Waals surface area contributed by atoms with Gasteiger partial charge in [0.1, 0.15) is 5.75 Å². The van der Waals surface area contributed by atoms with Gasteiger partial charge in [0.25, 0.3) is 0 Å². The fourth-order valence-corrected chi connectivity index (χ4v) is 2.88. The Kier molecular flexibility index (Phi) is 10.8. The largest absolute Gasteiger partial charge is 0.496 e. The molecule has 2 N–H and O–H groups in total. The molecule has 0 spiro atoms. The molecule has 0 fully saturated rings. The first-order chi connectivity index (χ1) is 13.1. The monoisotopic (exact) mass is 519 g/mol. The molecule has 6 nitrogen and oxygen atoms in total. The van der Waals surface area contributed by atoms with Gasteiger partial charge in [0.05, 0.1) is 21.3 Å². The van der Waals surface area contributed by atoms with E-state index in [9.17, 15) is 0 Å². The van der Waals surface area contributed by atoms with Gasteiger partial charge in [0.2, 0.25) is 0 Å². The first-order valence-electron chi connectivity index (χ1n) is 8.59. The van der Waals surface area contributed by atoms with Gasteiger partial charge in [-0.05, 0) is 24.1 Å². The van der Waals surface area contributed by atoms with Crippen molar-refractivity contribution in [3.05, 3.63) is 52.5 Å². The summed E-state index contributed by atoms with van der Waals surface area (Å²) >= 11 is 6.19. The highest BCUT2D eigenvalue weighted by molar-refractivity contribution is 14.0. The fraction of sp³-hybridized carbons (Fsp3) is 0.350. The zero-order valence-electron chi connectivity index (χ0n) is 16.5. The summed E-state index contributed by atoms with van der Waals surface area (Å²) in [5.41, 5.74) is 2.04. The van der Waals surface area contributed by atoms with Gasteiger partial charge in [-0.2, -0.15) is 0 Å². The lowest BCUT2D eigenvalue weighted by molar-refractivity contribution is 0.347. The molecule has 0 bridgehead atoms. The number of guanidine groups is 1. The van der Waals surface area contributed by atoms with Gasteiger partial charge in [-0.25, -0.2) is 0 Å². The molecular formula is C20H27ClIN3O3. The highest BCUT2D eigenvalue weighted by Crippen LogP contribution is 2.34. The van der Waals surface area contributed by atoms with E-state index in [1.807, 2.05) is 36.4 Å². The van der Waals surface area contributed by atoms with Crippen LogP contribution in [0.3, 0.4) is 0 Å². The van der Waals surface area contributed by atoms with Crippen molar-refractivity contribution in [1.29, 1.82) is 0 Å². The summed E-state index contributed by atoms with van der Waals surface area (Å²) in [6.45, 7) is 1.24. The number of methoxy groups -OCH3 is 3. The minimum Gasteiger partial charge on any atom is -0.496 e. The first-order valence-corrected chi connectivity index (χ1v) is 8.97. The summed E-state index contributed by atoms with van der Waals surface area (Å²) < 4.78 is 16.1. The second-order valence-electron chi connectivity index (χ2n) is 5.71. The molecule has 0 aromatic heterocycles. The Morgan fingerprint density at radius 2 is 1.57 bits per heavy atom. The maximum Gasteiger partial charge on any atom is 0.191 e. The van der Waals surface area contributed by atoms with Gasteiger partial charge >= 0.3 is 0 Å². The molecule has 0 amide bonds. The number of aliphatic imine (C=N–C) groups is 1. The molecule has 0 atom stereocenters. The van der Waals surface area contributed by atoms with Crippen LogP contribution in [0.15, 0.2) is 41.4 Å². The molecule has 0 radical (unpaired) electrons. The quantitative estimate of drug-likeness (QED) is 0.315. The van der Waals surface area contributed by atoms with E-state index in [0.29, 0.717) is 36.3 Å². The van der Waals surface area contributed by atoms with E-state index in [4.69, 9.17) is 25.8 Å². The van der Waals surface area contributed by atoms with Gasteiger partial charge in [0.15, 0.2) is 17.5 Å². The Morgan fingerprint density at radius 3 is 2.18 bits per heavy atom. The van der Waals surface area contributed by atoms with E-state index in [1.165, 1.54) is 0 Å². The number of halogens is 2. The average molecular weight is 520 g/mol. The summed E-state index contributed by atoms with van der Waals surface area (Å²) in [6, 6.07) is 11.5. The summed E-state index contributed by atoms with van der Waals surface area (Å²) in [7, 11) is 6.56. The van der Waals surface area contributed by atoms with Crippen LogP contribution in [0, 0.1) is 0 Å². The lowest BCUT2D eigenvalue weighted by Crippen LogP contribution is -2.37. The van der Waals surface area contributed by atoms with Gasteiger partial charge in [-0.1, -0.05) is 29.8 Å². The predicted molar refractivity (Wildman–Crippen MR) is 125 cm³/mol. The van der Waals surface area contributed by atoms with E-state index in [-0.39, 0.29) is 24.0 Å². The van der Waals surface area contributed by atoms with Crippen molar-refractivity contribution >= 4 is 41.5 Å². The van der Waals surface area contributed by atoms with Crippen molar-refractivity contribution in [1.82, 2.24) is 10.6 Å². The van der Waals surface area contributed by atoms with E-state index in [1.54, 1.807) is 28.4 Å². The molecule has 0 saturated heterocycles. The van der Waals surface area contributed by atoms with Crippen LogP contribution in [-0.2, 0) is 13.0 Å². The summed E-state index contributed by atoms with van der Waals surface area (Å²) in [5.74, 6) is 2.68. The second-order valence-corrected chi connectivity index (χ2v) is 6.12. The van der Waals surface area contributed by atoms with Crippen molar-refractivity contribution in [2.24, 2.45) is 4.99 Å². The number of rotatable bonds is 8. The molecule has 8 heteroatoms. The number of ether oxygens (including phenoxy) is 3. The third kappa shape index (κ3) is 6.63. The van der Waals surface area contributed by atoms with Crippen LogP contribution in [0.2, 0.25) is 5.02 Å². The zero-order chi connectivity index (χ0) is 19.6. The molecular weight excluding hydrogens is 493 g/mol. The van der Waals surface area contributed by atoms with Gasteiger partial charge < -0.3 is 24.8 Å². The van der Waals surface area contributed by atoms with Gasteiger partial charge in [-0.15, -0.1) is 24.0 Å². The highest BCUT2D eigenvalue weighted by Gasteiger charge is 2.12. The van der Waals surface area contributed by atoms with Crippen LogP contribution in [0.25, 0.3) is 0 Å². The van der Waals surface area contributed by atoms with Crippen LogP contribution >= 0.6 is 35.6 Å². The molecule has 0 heterocycles. The van der Waals surface area contributed by atoms with Crippen LogP contribution in [0.4, 0.5) is 0 Å². The third-order valence-electron chi connectivity index (χ3n) is 4.10. The molecule has 0 aliphatic carbocycles. The van der Waals surface area contributed by atoms with E-state index < -0.39 is 0 Å². The van der Waals surface area contributed by atoms with Crippen molar-refractivity contribution in [3.63, 3.8) is 0 Å². The number of benzene rings is 2. The van der Waals surface area contributed by atoms with Crippen molar-refractivity contribution in [2.75, 3.05) is 34.9 Å². The molecule has 0 aliphatic heterocycles. The predicted octanol–water partition coefficient (Wildman–Crippen LogP) is 3.89. The molecule has 2 rings (SSSR count). The van der Waals surface area contributed by atoms with Crippen molar-refractivity contribution in [3.8, 4) is 17.2 Å². The molecule has 0 unspecified atom stereocenters. The molecule has 0 saturated carbocycles. The van der Waals surface area contributed by atoms with E-state index in [2.05, 4.69) is 15.6 Å². The normalized spacial score (nSPS) is 10.7. The topological polar surface area (TPSA) is 64.1 Å². The lowest BCUT2D eigenvalue weighted by Gasteiger charge is -2.16. The Balaban J connectivity index is 0.00000392. The fourth-order valence-electron chi connectivity index (χ4n) is 2.65. The summed E-state index contributed by atoms with van der Waals surface area (Å²) in [5, 5.41) is 7.34. The van der Waals surface area contributed by atoms with Gasteiger partial charge in [-0.3, -0.25) is 4.99 Å². The highest BCUT2D eigenvalue weighted by atomic mass is 127. The number of hydrogen-bond donors (Lipinski definition) is 2. The van der Waals surface area contributed by atoms with Crippen LogP contribution < -0.4 is 24.8 Å². The van der Waals surface area contributed by atoms with Crippen molar-refractivity contribution in [2.45, 2.75) is 13.0 Å². The second kappa shape index (κ2) is 12.6. The van der Waals surface area contributed by atoms with Crippen LogP contribution in [-0.4, -0.2) is 40.9 Å². The van der Waals surface area contributed by atoms with E-state index in [0.717, 1.165) is 22.6 Å². The standard InChI is InChI=1S/C20H26ClN3O3.HI/c1-22-20(23-10-9-14-7-5-6-8-16(14)21)24-13-15-11-18(26-3)19(27-4)12-17(15)25-2;/h5-8,11-12H,9-10,13H2,1-4H3,(H2,22,23,24);1H. The molecule has 28 heavy (non-hydrogen) atoms. The molecule has 0 aliphatic rings. The molecule has 154 valence electrons.